The van der Waals surface area contributed by atoms with E-state index in [1.807, 2.05) is 0 Å². The van der Waals surface area contributed by atoms with Crippen LogP contribution in [0.1, 0.15) is 29.8 Å². The number of carbonyl (C=O) groups is 2. The van der Waals surface area contributed by atoms with Crippen molar-refractivity contribution in [3.8, 4) is 0 Å². The second kappa shape index (κ2) is 6.47. The van der Waals surface area contributed by atoms with Gasteiger partial charge in [0, 0.05) is 31.3 Å². The molecule has 1 aromatic rings. The molecule has 4 N–H and O–H groups in total. The maximum Gasteiger partial charge on any atom is 0.248 e. The molecular formula is C14H20FN3O2. The number of nitrogens with one attached hydrogen (secondary N) is 2. The first-order chi connectivity index (χ1) is 9.27. The van der Waals surface area contributed by atoms with Crippen molar-refractivity contribution in [2.45, 2.75) is 20.4 Å². The van der Waals surface area contributed by atoms with E-state index in [-0.39, 0.29) is 18.0 Å². The van der Waals surface area contributed by atoms with E-state index in [2.05, 4.69) is 10.6 Å². The van der Waals surface area contributed by atoms with Crippen molar-refractivity contribution < 1.29 is 14.0 Å². The van der Waals surface area contributed by atoms with Gasteiger partial charge in [0.1, 0.15) is 5.82 Å². The Morgan fingerprint density at radius 2 is 2.00 bits per heavy atom. The van der Waals surface area contributed by atoms with E-state index < -0.39 is 17.1 Å². The van der Waals surface area contributed by atoms with Gasteiger partial charge in [-0.2, -0.15) is 0 Å². The summed E-state index contributed by atoms with van der Waals surface area (Å²) >= 11 is 0. The van der Waals surface area contributed by atoms with Gasteiger partial charge in [0.05, 0.1) is 5.41 Å². The zero-order chi connectivity index (χ0) is 15.3. The summed E-state index contributed by atoms with van der Waals surface area (Å²) in [5, 5.41) is 5.59. The minimum Gasteiger partial charge on any atom is -0.366 e. The summed E-state index contributed by atoms with van der Waals surface area (Å²) in [5.74, 6) is -1.12. The average molecular weight is 281 g/mol. The molecule has 0 fully saturated rings. The van der Waals surface area contributed by atoms with E-state index in [0.29, 0.717) is 12.1 Å². The normalized spacial score (nSPS) is 11.2. The number of nitrogens with two attached hydrogens (primary N) is 1. The van der Waals surface area contributed by atoms with E-state index in [1.165, 1.54) is 18.2 Å². The molecule has 20 heavy (non-hydrogen) atoms. The molecule has 0 saturated heterocycles. The van der Waals surface area contributed by atoms with Gasteiger partial charge in [0.15, 0.2) is 0 Å². The van der Waals surface area contributed by atoms with Crippen LogP contribution in [0.15, 0.2) is 18.2 Å². The highest BCUT2D eigenvalue weighted by Crippen LogP contribution is 2.15. The SMILES string of the molecule is CNC(=O)C(C)(C)CNCc1cc(C(N)=O)ccc1F. The maximum atomic E-state index is 13.6. The van der Waals surface area contributed by atoms with Crippen LogP contribution in [0.3, 0.4) is 0 Å². The number of hydrogen-bond donors (Lipinski definition) is 3. The lowest BCUT2D eigenvalue weighted by atomic mass is 9.92. The molecule has 0 aliphatic rings. The molecular weight excluding hydrogens is 261 g/mol. The van der Waals surface area contributed by atoms with Crippen molar-refractivity contribution in [3.05, 3.63) is 35.1 Å². The second-order valence-electron chi connectivity index (χ2n) is 5.24. The van der Waals surface area contributed by atoms with Crippen LogP contribution in [-0.4, -0.2) is 25.4 Å². The monoisotopic (exact) mass is 281 g/mol. The van der Waals surface area contributed by atoms with Crippen LogP contribution >= 0.6 is 0 Å². The molecule has 0 atom stereocenters. The minimum absolute atomic E-state index is 0.101. The van der Waals surface area contributed by atoms with Crippen molar-refractivity contribution in [1.29, 1.82) is 0 Å². The summed E-state index contributed by atoms with van der Waals surface area (Å²) in [5.41, 5.74) is 5.15. The van der Waals surface area contributed by atoms with Gasteiger partial charge in [-0.05, 0) is 32.0 Å². The fraction of sp³-hybridized carbons (Fsp3) is 0.429. The van der Waals surface area contributed by atoms with Crippen LogP contribution < -0.4 is 16.4 Å². The lowest BCUT2D eigenvalue weighted by Gasteiger charge is -2.23. The first-order valence-corrected chi connectivity index (χ1v) is 6.29. The number of halogens is 1. The molecule has 0 unspecified atom stereocenters. The Kier molecular flexibility index (Phi) is 5.21. The van der Waals surface area contributed by atoms with Crippen LogP contribution in [-0.2, 0) is 11.3 Å². The lowest BCUT2D eigenvalue weighted by Crippen LogP contribution is -2.41. The topological polar surface area (TPSA) is 84.2 Å². The van der Waals surface area contributed by atoms with E-state index in [0.717, 1.165) is 0 Å². The standard InChI is InChI=1S/C14H20FN3O2/c1-14(2,13(20)17-3)8-18-7-10-6-9(12(16)19)4-5-11(10)15/h4-6,18H,7-8H2,1-3H3,(H2,16,19)(H,17,20). The predicted molar refractivity (Wildman–Crippen MR) is 74.5 cm³/mol. The Balaban J connectivity index is 2.69. The van der Waals surface area contributed by atoms with Gasteiger partial charge in [-0.1, -0.05) is 0 Å². The molecule has 110 valence electrons. The summed E-state index contributed by atoms with van der Waals surface area (Å²) in [6, 6.07) is 3.97. The Bertz CT molecular complexity index is 515. The third kappa shape index (κ3) is 4.03. The van der Waals surface area contributed by atoms with Crippen LogP contribution in [0, 0.1) is 11.2 Å². The number of amides is 2. The highest BCUT2D eigenvalue weighted by Gasteiger charge is 2.25. The third-order valence-electron chi connectivity index (χ3n) is 3.05. The Morgan fingerprint density at radius 3 is 2.55 bits per heavy atom. The molecule has 0 heterocycles. The largest absolute Gasteiger partial charge is 0.366 e. The van der Waals surface area contributed by atoms with Crippen LogP contribution in [0.2, 0.25) is 0 Å². The number of carbonyl (C=O) groups excluding carboxylic acids is 2. The van der Waals surface area contributed by atoms with Gasteiger partial charge >= 0.3 is 0 Å². The first kappa shape index (κ1) is 16.1. The molecule has 0 bridgehead atoms. The second-order valence-corrected chi connectivity index (χ2v) is 5.24. The van der Waals surface area contributed by atoms with Crippen molar-refractivity contribution in [3.63, 3.8) is 0 Å². The Labute approximate surface area is 117 Å². The predicted octanol–water partition coefficient (Wildman–Crippen LogP) is 0.786. The molecule has 1 aromatic carbocycles. The maximum absolute atomic E-state index is 13.6. The summed E-state index contributed by atoms with van der Waals surface area (Å²) in [4.78, 5) is 22.7. The summed E-state index contributed by atoms with van der Waals surface area (Å²) in [7, 11) is 1.57. The lowest BCUT2D eigenvalue weighted by molar-refractivity contribution is -0.128. The summed E-state index contributed by atoms with van der Waals surface area (Å²) in [6.45, 7) is 4.17. The number of primary amides is 1. The van der Waals surface area contributed by atoms with Crippen LogP contribution in [0.4, 0.5) is 4.39 Å². The van der Waals surface area contributed by atoms with E-state index >= 15 is 0 Å². The highest BCUT2D eigenvalue weighted by atomic mass is 19.1. The molecule has 1 rings (SSSR count). The van der Waals surface area contributed by atoms with Crippen LogP contribution in [0.5, 0.6) is 0 Å². The Hall–Kier alpha value is -1.95. The van der Waals surface area contributed by atoms with Crippen molar-refractivity contribution in [1.82, 2.24) is 10.6 Å². The fourth-order valence-corrected chi connectivity index (χ4v) is 1.79. The van der Waals surface area contributed by atoms with Gasteiger partial charge in [-0.3, -0.25) is 9.59 Å². The molecule has 6 heteroatoms. The van der Waals surface area contributed by atoms with Crippen molar-refractivity contribution >= 4 is 11.8 Å². The molecule has 0 aromatic heterocycles. The zero-order valence-corrected chi connectivity index (χ0v) is 11.9. The molecule has 0 aliphatic heterocycles. The summed E-state index contributed by atoms with van der Waals surface area (Å²) < 4.78 is 13.6. The van der Waals surface area contributed by atoms with Gasteiger partial charge in [-0.25, -0.2) is 4.39 Å². The van der Waals surface area contributed by atoms with Crippen LogP contribution in [0.25, 0.3) is 0 Å². The molecule has 0 spiro atoms. The molecule has 0 radical (unpaired) electrons. The minimum atomic E-state index is -0.605. The molecule has 2 amide bonds. The zero-order valence-electron chi connectivity index (χ0n) is 11.9. The quantitative estimate of drug-likeness (QED) is 0.720. The van der Waals surface area contributed by atoms with E-state index in [1.54, 1.807) is 20.9 Å². The van der Waals surface area contributed by atoms with Gasteiger partial charge in [0.25, 0.3) is 0 Å². The van der Waals surface area contributed by atoms with Crippen molar-refractivity contribution in [2.24, 2.45) is 11.1 Å². The average Bonchev–Trinajstić information content (AvgIpc) is 2.39. The van der Waals surface area contributed by atoms with Crippen molar-refractivity contribution in [2.75, 3.05) is 13.6 Å². The Morgan fingerprint density at radius 1 is 1.35 bits per heavy atom. The first-order valence-electron chi connectivity index (χ1n) is 6.29. The summed E-state index contributed by atoms with van der Waals surface area (Å²) in [6.07, 6.45) is 0. The highest BCUT2D eigenvalue weighted by molar-refractivity contribution is 5.92. The number of hydrogen-bond acceptors (Lipinski definition) is 3. The number of rotatable bonds is 6. The van der Waals surface area contributed by atoms with Gasteiger partial charge in [-0.15, -0.1) is 0 Å². The van der Waals surface area contributed by atoms with E-state index in [4.69, 9.17) is 5.73 Å². The van der Waals surface area contributed by atoms with E-state index in [9.17, 15) is 14.0 Å². The molecule has 5 nitrogen and oxygen atoms in total. The van der Waals surface area contributed by atoms with Gasteiger partial charge in [0.2, 0.25) is 11.8 Å². The third-order valence-corrected chi connectivity index (χ3v) is 3.05. The smallest absolute Gasteiger partial charge is 0.248 e. The molecule has 0 saturated carbocycles. The fourth-order valence-electron chi connectivity index (χ4n) is 1.79. The van der Waals surface area contributed by atoms with Gasteiger partial charge < -0.3 is 16.4 Å². The molecule has 0 aliphatic carbocycles. The number of benzene rings is 1.